The summed E-state index contributed by atoms with van der Waals surface area (Å²) < 4.78 is 6.97. The number of nitrogens with one attached hydrogen (secondary N) is 1. The molecule has 2 aromatic heterocycles. The number of hydrogen-bond acceptors (Lipinski definition) is 5. The number of fused-ring (bicyclic) bond motifs is 1. The van der Waals surface area contributed by atoms with E-state index in [0.29, 0.717) is 18.6 Å². The molecule has 158 valence electrons. The van der Waals surface area contributed by atoms with Crippen LogP contribution in [0.4, 0.5) is 0 Å². The lowest BCUT2D eigenvalue weighted by Crippen LogP contribution is -3.13. The Labute approximate surface area is 176 Å². The predicted molar refractivity (Wildman–Crippen MR) is 113 cm³/mol. The van der Waals surface area contributed by atoms with Crippen molar-refractivity contribution in [3.63, 3.8) is 0 Å². The number of amides is 1. The summed E-state index contributed by atoms with van der Waals surface area (Å²) in [4.78, 5) is 25.0. The van der Waals surface area contributed by atoms with Gasteiger partial charge in [0.2, 0.25) is 5.91 Å². The first-order valence-electron chi connectivity index (χ1n) is 10.4. The Morgan fingerprint density at radius 1 is 1.17 bits per heavy atom. The number of rotatable bonds is 6. The number of benzene rings is 1. The highest BCUT2D eigenvalue weighted by Gasteiger charge is 2.24. The van der Waals surface area contributed by atoms with Gasteiger partial charge in [-0.1, -0.05) is 0 Å². The van der Waals surface area contributed by atoms with Gasteiger partial charge in [-0.05, 0) is 50.1 Å². The van der Waals surface area contributed by atoms with Crippen LogP contribution in [-0.4, -0.2) is 63.7 Å². The van der Waals surface area contributed by atoms with Gasteiger partial charge in [0.05, 0.1) is 33.3 Å². The van der Waals surface area contributed by atoms with E-state index < -0.39 is 0 Å². The van der Waals surface area contributed by atoms with Crippen LogP contribution in [0.1, 0.15) is 28.9 Å². The molecule has 1 aliphatic heterocycles. The number of quaternary nitrogens is 1. The number of carbonyl (C=O) groups is 1. The second-order valence-corrected chi connectivity index (χ2v) is 7.89. The van der Waals surface area contributed by atoms with Gasteiger partial charge in [0.25, 0.3) is 5.78 Å². The molecular formula is C22H29N6O2+. The second kappa shape index (κ2) is 8.79. The van der Waals surface area contributed by atoms with E-state index in [4.69, 9.17) is 4.74 Å². The van der Waals surface area contributed by atoms with Crippen molar-refractivity contribution in [2.45, 2.75) is 33.2 Å². The minimum absolute atomic E-state index is 0.219. The summed E-state index contributed by atoms with van der Waals surface area (Å²) in [6.07, 6.45) is 2.69. The molecule has 8 nitrogen and oxygen atoms in total. The van der Waals surface area contributed by atoms with Crippen LogP contribution in [0.5, 0.6) is 5.75 Å². The Morgan fingerprint density at radius 2 is 1.90 bits per heavy atom. The molecule has 3 heterocycles. The molecule has 0 saturated carbocycles. The second-order valence-electron chi connectivity index (χ2n) is 7.89. The first-order chi connectivity index (χ1) is 14.5. The van der Waals surface area contributed by atoms with Crippen molar-refractivity contribution in [3.8, 4) is 5.75 Å². The zero-order valence-electron chi connectivity index (χ0n) is 17.9. The van der Waals surface area contributed by atoms with Gasteiger partial charge < -0.3 is 14.5 Å². The molecule has 1 aliphatic rings. The molecule has 30 heavy (non-hydrogen) atoms. The first-order valence-corrected chi connectivity index (χ1v) is 10.4. The van der Waals surface area contributed by atoms with Gasteiger partial charge in [-0.3, -0.25) is 4.79 Å². The summed E-state index contributed by atoms with van der Waals surface area (Å²) in [5.74, 6) is 1.71. The van der Waals surface area contributed by atoms with Crippen LogP contribution in [0.3, 0.4) is 0 Å². The Balaban J connectivity index is 1.29. The molecule has 0 bridgehead atoms. The summed E-state index contributed by atoms with van der Waals surface area (Å²) in [6, 6.07) is 8.25. The molecule has 1 amide bonds. The number of aryl methyl sites for hydroxylation is 2. The summed E-state index contributed by atoms with van der Waals surface area (Å²) in [7, 11) is 1.68. The van der Waals surface area contributed by atoms with Crippen LogP contribution in [-0.2, 0) is 17.8 Å². The minimum atomic E-state index is 0.219. The predicted octanol–water partition coefficient (Wildman–Crippen LogP) is 0.610. The minimum Gasteiger partial charge on any atom is -0.497 e. The maximum Gasteiger partial charge on any atom is 0.252 e. The van der Waals surface area contributed by atoms with Gasteiger partial charge in [0, 0.05) is 23.4 Å². The van der Waals surface area contributed by atoms with Crippen molar-refractivity contribution in [1.82, 2.24) is 24.5 Å². The Hall–Kier alpha value is -3.00. The highest BCUT2D eigenvalue weighted by atomic mass is 16.5. The average molecular weight is 410 g/mol. The molecule has 0 atom stereocenters. The summed E-state index contributed by atoms with van der Waals surface area (Å²) in [5.41, 5.74) is 4.32. The highest BCUT2D eigenvalue weighted by molar-refractivity contribution is 5.76. The lowest BCUT2D eigenvalue weighted by molar-refractivity contribution is -0.917. The molecule has 1 N–H and O–H groups in total. The van der Waals surface area contributed by atoms with E-state index in [0.717, 1.165) is 55.4 Å². The van der Waals surface area contributed by atoms with Crippen LogP contribution < -0.4 is 9.64 Å². The summed E-state index contributed by atoms with van der Waals surface area (Å²) in [5, 5.41) is 4.23. The Bertz CT molecular complexity index is 1020. The molecule has 0 unspecified atom stereocenters. The van der Waals surface area contributed by atoms with Gasteiger partial charge in [0.1, 0.15) is 18.6 Å². The number of ether oxygens (including phenoxy) is 1. The van der Waals surface area contributed by atoms with Crippen molar-refractivity contribution in [2.75, 3.05) is 33.3 Å². The van der Waals surface area contributed by atoms with Crippen molar-refractivity contribution in [1.29, 1.82) is 0 Å². The van der Waals surface area contributed by atoms with Crippen LogP contribution in [0.15, 0.2) is 30.6 Å². The van der Waals surface area contributed by atoms with Crippen molar-refractivity contribution < 1.29 is 14.4 Å². The van der Waals surface area contributed by atoms with Crippen LogP contribution in [0.2, 0.25) is 0 Å². The van der Waals surface area contributed by atoms with Gasteiger partial charge in [0.15, 0.2) is 0 Å². The molecule has 0 radical (unpaired) electrons. The number of aromatic nitrogens is 4. The number of piperazine rings is 1. The first kappa shape index (κ1) is 20.3. The fraction of sp³-hybridized carbons (Fsp3) is 0.455. The standard InChI is InChI=1S/C22H28N6O2/c1-16-20(17(2)28-22(25-16)23-15-24-28)8-9-21(29)27-12-10-26(11-13-27)14-18-4-6-19(30-3)7-5-18/h4-7,15H,8-14H2,1-3H3/p+1. The third-order valence-corrected chi connectivity index (χ3v) is 6.01. The Kier molecular flexibility index (Phi) is 5.94. The average Bonchev–Trinajstić information content (AvgIpc) is 3.23. The zero-order chi connectivity index (χ0) is 21.1. The number of nitrogens with zero attached hydrogens (tertiary/aromatic N) is 5. The fourth-order valence-electron chi connectivity index (χ4n) is 4.19. The SMILES string of the molecule is COc1ccc(C[NH+]2CCN(C(=O)CCc3c(C)nc4ncnn4c3C)CC2)cc1. The van der Waals surface area contributed by atoms with E-state index in [1.807, 2.05) is 30.9 Å². The van der Waals surface area contributed by atoms with E-state index in [1.54, 1.807) is 11.6 Å². The smallest absolute Gasteiger partial charge is 0.252 e. The van der Waals surface area contributed by atoms with Crippen LogP contribution in [0.25, 0.3) is 5.78 Å². The molecule has 0 spiro atoms. The van der Waals surface area contributed by atoms with Crippen molar-refractivity contribution in [2.24, 2.45) is 0 Å². The third kappa shape index (κ3) is 4.28. The van der Waals surface area contributed by atoms with Crippen molar-refractivity contribution in [3.05, 3.63) is 53.1 Å². The number of methoxy groups -OCH3 is 1. The van der Waals surface area contributed by atoms with Gasteiger partial charge in [-0.2, -0.15) is 10.1 Å². The number of hydrogen-bond donors (Lipinski definition) is 1. The van der Waals surface area contributed by atoms with E-state index in [1.165, 1.54) is 16.8 Å². The van der Waals surface area contributed by atoms with E-state index in [2.05, 4.69) is 27.2 Å². The van der Waals surface area contributed by atoms with Crippen molar-refractivity contribution >= 4 is 11.7 Å². The van der Waals surface area contributed by atoms with Gasteiger partial charge in [-0.25, -0.2) is 9.50 Å². The zero-order valence-corrected chi connectivity index (χ0v) is 17.9. The third-order valence-electron chi connectivity index (χ3n) is 6.01. The maximum atomic E-state index is 12.8. The fourth-order valence-corrected chi connectivity index (χ4v) is 4.19. The monoisotopic (exact) mass is 409 g/mol. The van der Waals surface area contributed by atoms with Crippen LogP contribution >= 0.6 is 0 Å². The molecule has 0 aliphatic carbocycles. The van der Waals surface area contributed by atoms with E-state index in [9.17, 15) is 4.79 Å². The molecule has 1 aromatic carbocycles. The highest BCUT2D eigenvalue weighted by Crippen LogP contribution is 2.15. The Morgan fingerprint density at radius 3 is 2.60 bits per heavy atom. The molecule has 1 fully saturated rings. The maximum absolute atomic E-state index is 12.8. The molecule has 4 rings (SSSR count). The molecule has 3 aromatic rings. The lowest BCUT2D eigenvalue weighted by Gasteiger charge is -2.32. The normalized spacial score (nSPS) is 15.0. The molecular weight excluding hydrogens is 380 g/mol. The largest absolute Gasteiger partial charge is 0.497 e. The lowest BCUT2D eigenvalue weighted by atomic mass is 10.1. The van der Waals surface area contributed by atoms with E-state index >= 15 is 0 Å². The van der Waals surface area contributed by atoms with Gasteiger partial charge in [-0.15, -0.1) is 0 Å². The quantitative estimate of drug-likeness (QED) is 0.646. The summed E-state index contributed by atoms with van der Waals surface area (Å²) >= 11 is 0. The van der Waals surface area contributed by atoms with E-state index in [-0.39, 0.29) is 5.91 Å². The molecule has 8 heteroatoms. The van der Waals surface area contributed by atoms with Gasteiger partial charge >= 0.3 is 0 Å². The molecule has 1 saturated heterocycles. The summed E-state index contributed by atoms with van der Waals surface area (Å²) in [6.45, 7) is 8.53. The topological polar surface area (TPSA) is 77.1 Å². The number of carbonyl (C=O) groups excluding carboxylic acids is 1. The van der Waals surface area contributed by atoms with Crippen LogP contribution in [0, 0.1) is 13.8 Å².